The Kier molecular flexibility index (Phi) is 4.81. The van der Waals surface area contributed by atoms with Crippen LogP contribution in [0.25, 0.3) is 0 Å². The van der Waals surface area contributed by atoms with Gasteiger partial charge in [0.2, 0.25) is 9.84 Å². The molecule has 0 aliphatic heterocycles. The molecule has 1 aromatic carbocycles. The molecule has 9 heteroatoms. The predicted molar refractivity (Wildman–Crippen MR) is 67.5 cm³/mol. The molecule has 0 aliphatic carbocycles. The van der Waals surface area contributed by atoms with E-state index >= 15 is 0 Å². The fourth-order valence-corrected chi connectivity index (χ4v) is 2.48. The Morgan fingerprint density at radius 1 is 1.47 bits per heavy atom. The van der Waals surface area contributed by atoms with Crippen molar-refractivity contribution < 1.29 is 23.6 Å². The van der Waals surface area contributed by atoms with Gasteiger partial charge in [-0.1, -0.05) is 0 Å². The number of nitrogens with zero attached hydrogens (tertiary/aromatic N) is 1. The van der Waals surface area contributed by atoms with Crippen molar-refractivity contribution in [2.45, 2.75) is 17.3 Å². The van der Waals surface area contributed by atoms with Crippen LogP contribution in [0.2, 0.25) is 0 Å². The summed E-state index contributed by atoms with van der Waals surface area (Å²) in [5, 5.41) is 31.3. The Balaban J connectivity index is 3.38. The molecule has 8 nitrogen and oxygen atoms in total. The molecule has 0 saturated heterocycles. The van der Waals surface area contributed by atoms with Crippen LogP contribution >= 0.6 is 0 Å². The highest BCUT2D eigenvalue weighted by molar-refractivity contribution is 7.92. The van der Waals surface area contributed by atoms with Gasteiger partial charge in [-0.3, -0.25) is 10.1 Å². The fourth-order valence-electron chi connectivity index (χ4n) is 1.38. The Morgan fingerprint density at radius 3 is 2.58 bits per heavy atom. The Labute approximate surface area is 109 Å². The third-order valence-corrected chi connectivity index (χ3v) is 4.21. The zero-order valence-electron chi connectivity index (χ0n) is 10.1. The smallest absolute Gasteiger partial charge is 0.270 e. The summed E-state index contributed by atoms with van der Waals surface area (Å²) < 4.78 is 23.8. The van der Waals surface area contributed by atoms with Gasteiger partial charge in [0.25, 0.3) is 5.69 Å². The maximum absolute atomic E-state index is 11.9. The standard InChI is InChI=1S/C10H14N2O6S/c1-7(14)19(17,18)10-6-8(12(15)16)2-3-9(10)11-4-5-13/h2-3,6-7,11,13-14H,4-5H2,1H3. The zero-order chi connectivity index (χ0) is 14.6. The van der Waals surface area contributed by atoms with Gasteiger partial charge < -0.3 is 15.5 Å². The third-order valence-electron chi connectivity index (χ3n) is 2.36. The van der Waals surface area contributed by atoms with Gasteiger partial charge in [0.1, 0.15) is 0 Å². The van der Waals surface area contributed by atoms with Gasteiger partial charge in [0.15, 0.2) is 5.44 Å². The maximum Gasteiger partial charge on any atom is 0.270 e. The Morgan fingerprint density at radius 2 is 2.11 bits per heavy atom. The number of nitro benzene ring substituents is 1. The summed E-state index contributed by atoms with van der Waals surface area (Å²) in [7, 11) is -4.09. The monoisotopic (exact) mass is 290 g/mol. The molecule has 0 fully saturated rings. The molecular formula is C10H14N2O6S. The number of benzene rings is 1. The number of sulfone groups is 1. The maximum atomic E-state index is 11.9. The third kappa shape index (κ3) is 3.40. The van der Waals surface area contributed by atoms with E-state index < -0.39 is 25.9 Å². The van der Waals surface area contributed by atoms with E-state index in [0.717, 1.165) is 19.1 Å². The Bertz CT molecular complexity index is 569. The molecule has 0 radical (unpaired) electrons. The minimum atomic E-state index is -4.09. The van der Waals surface area contributed by atoms with Gasteiger partial charge >= 0.3 is 0 Å². The van der Waals surface area contributed by atoms with Crippen LogP contribution < -0.4 is 5.32 Å². The molecule has 0 aromatic heterocycles. The van der Waals surface area contributed by atoms with E-state index in [4.69, 9.17) is 5.11 Å². The average molecular weight is 290 g/mol. The van der Waals surface area contributed by atoms with E-state index in [-0.39, 0.29) is 23.7 Å². The zero-order valence-corrected chi connectivity index (χ0v) is 10.9. The number of nitrogens with one attached hydrogen (secondary N) is 1. The summed E-state index contributed by atoms with van der Waals surface area (Å²) in [5.41, 5.74) is -1.99. The van der Waals surface area contributed by atoms with E-state index in [0.29, 0.717) is 0 Å². The fraction of sp³-hybridized carbons (Fsp3) is 0.400. The summed E-state index contributed by atoms with van der Waals surface area (Å²) in [4.78, 5) is 9.57. The lowest BCUT2D eigenvalue weighted by atomic mass is 10.3. The molecule has 0 aliphatic rings. The molecule has 0 bridgehead atoms. The number of hydrogen-bond acceptors (Lipinski definition) is 7. The van der Waals surface area contributed by atoms with E-state index in [1.54, 1.807) is 0 Å². The van der Waals surface area contributed by atoms with Gasteiger partial charge in [-0.25, -0.2) is 8.42 Å². The van der Waals surface area contributed by atoms with Crippen molar-refractivity contribution in [3.05, 3.63) is 28.3 Å². The highest BCUT2D eigenvalue weighted by atomic mass is 32.2. The summed E-state index contributed by atoms with van der Waals surface area (Å²) >= 11 is 0. The van der Waals surface area contributed by atoms with Gasteiger partial charge in [-0.2, -0.15) is 0 Å². The van der Waals surface area contributed by atoms with Crippen LogP contribution in [0.4, 0.5) is 11.4 Å². The van der Waals surface area contributed by atoms with Crippen molar-refractivity contribution in [1.29, 1.82) is 0 Å². The second-order valence-corrected chi connectivity index (χ2v) is 5.94. The van der Waals surface area contributed by atoms with Crippen LogP contribution in [-0.4, -0.2) is 42.1 Å². The van der Waals surface area contributed by atoms with Gasteiger partial charge in [-0.05, 0) is 13.0 Å². The van der Waals surface area contributed by atoms with E-state index in [1.807, 2.05) is 0 Å². The molecule has 0 heterocycles. The van der Waals surface area contributed by atoms with Gasteiger partial charge in [0, 0.05) is 18.7 Å². The molecule has 1 unspecified atom stereocenters. The van der Waals surface area contributed by atoms with Crippen LogP contribution in [-0.2, 0) is 9.84 Å². The van der Waals surface area contributed by atoms with Gasteiger partial charge in [-0.15, -0.1) is 0 Å². The van der Waals surface area contributed by atoms with Crippen molar-refractivity contribution >= 4 is 21.2 Å². The molecule has 0 amide bonds. The van der Waals surface area contributed by atoms with E-state index in [2.05, 4.69) is 5.32 Å². The van der Waals surface area contributed by atoms with Crippen molar-refractivity contribution in [3.8, 4) is 0 Å². The van der Waals surface area contributed by atoms with Crippen molar-refractivity contribution in [1.82, 2.24) is 0 Å². The lowest BCUT2D eigenvalue weighted by Crippen LogP contribution is -2.19. The molecule has 19 heavy (non-hydrogen) atoms. The molecule has 106 valence electrons. The van der Waals surface area contributed by atoms with Crippen molar-refractivity contribution in [2.75, 3.05) is 18.5 Å². The summed E-state index contributed by atoms with van der Waals surface area (Å²) in [6.07, 6.45) is 0. The van der Waals surface area contributed by atoms with Crippen LogP contribution in [0.15, 0.2) is 23.1 Å². The average Bonchev–Trinajstić information content (AvgIpc) is 2.35. The number of hydrogen-bond donors (Lipinski definition) is 3. The summed E-state index contributed by atoms with van der Waals surface area (Å²) in [5.74, 6) is 0. The first-order valence-electron chi connectivity index (χ1n) is 5.36. The Hall–Kier alpha value is -1.71. The SMILES string of the molecule is CC(O)S(=O)(=O)c1cc([N+](=O)[O-])ccc1NCCO. The molecule has 0 saturated carbocycles. The van der Waals surface area contributed by atoms with Crippen LogP contribution in [0.1, 0.15) is 6.92 Å². The predicted octanol–water partition coefficient (Wildman–Crippen LogP) is 0.111. The van der Waals surface area contributed by atoms with Crippen LogP contribution in [0, 0.1) is 10.1 Å². The molecule has 1 atom stereocenters. The second kappa shape index (κ2) is 5.95. The highest BCUT2D eigenvalue weighted by Gasteiger charge is 2.26. The molecular weight excluding hydrogens is 276 g/mol. The first kappa shape index (κ1) is 15.3. The first-order chi connectivity index (χ1) is 8.80. The topological polar surface area (TPSA) is 130 Å². The number of aliphatic hydroxyl groups excluding tert-OH is 2. The van der Waals surface area contributed by atoms with E-state index in [1.165, 1.54) is 6.07 Å². The normalized spacial score (nSPS) is 13.0. The van der Waals surface area contributed by atoms with Crippen molar-refractivity contribution in [2.24, 2.45) is 0 Å². The largest absolute Gasteiger partial charge is 0.395 e. The lowest BCUT2D eigenvalue weighted by molar-refractivity contribution is -0.385. The molecule has 3 N–H and O–H groups in total. The highest BCUT2D eigenvalue weighted by Crippen LogP contribution is 2.28. The molecule has 1 aromatic rings. The van der Waals surface area contributed by atoms with E-state index in [9.17, 15) is 23.6 Å². The van der Waals surface area contributed by atoms with Crippen LogP contribution in [0.5, 0.6) is 0 Å². The quantitative estimate of drug-likeness (QED) is 0.500. The second-order valence-electron chi connectivity index (χ2n) is 3.73. The molecule has 1 rings (SSSR count). The summed E-state index contributed by atoms with van der Waals surface area (Å²) in [6.45, 7) is 0.912. The lowest BCUT2D eigenvalue weighted by Gasteiger charge is -2.13. The minimum absolute atomic E-state index is 0.0835. The minimum Gasteiger partial charge on any atom is -0.395 e. The summed E-state index contributed by atoms with van der Waals surface area (Å²) in [6, 6.07) is 3.24. The number of non-ortho nitro benzene ring substituents is 1. The number of nitro groups is 1. The van der Waals surface area contributed by atoms with Crippen molar-refractivity contribution in [3.63, 3.8) is 0 Å². The number of anilines is 1. The molecule has 0 spiro atoms. The number of aliphatic hydroxyl groups is 2. The van der Waals surface area contributed by atoms with Gasteiger partial charge in [0.05, 0.1) is 22.1 Å². The number of rotatable bonds is 6. The first-order valence-corrected chi connectivity index (χ1v) is 6.90. The van der Waals surface area contributed by atoms with Crippen LogP contribution in [0.3, 0.4) is 0 Å².